The van der Waals surface area contributed by atoms with E-state index in [-0.39, 0.29) is 6.42 Å². The molecule has 0 radical (unpaired) electrons. The monoisotopic (exact) mass is 351 g/mol. The summed E-state index contributed by atoms with van der Waals surface area (Å²) in [7, 11) is 0. The first-order valence-electron chi connectivity index (χ1n) is 9.13. The molecule has 0 fully saturated rings. The Morgan fingerprint density at radius 3 is 2.65 bits per heavy atom. The Hall–Kier alpha value is -2.75. The van der Waals surface area contributed by atoms with E-state index in [0.717, 1.165) is 39.9 Å². The Balaban J connectivity index is 2.23. The predicted molar refractivity (Wildman–Crippen MR) is 105 cm³/mol. The van der Waals surface area contributed by atoms with Crippen molar-refractivity contribution < 1.29 is 14.6 Å². The summed E-state index contributed by atoms with van der Waals surface area (Å²) in [5.41, 5.74) is 4.72. The highest BCUT2D eigenvalue weighted by Gasteiger charge is 2.19. The molecule has 0 amide bonds. The minimum atomic E-state index is -0.838. The van der Waals surface area contributed by atoms with Gasteiger partial charge in [0, 0.05) is 16.5 Å². The third kappa shape index (κ3) is 3.45. The van der Waals surface area contributed by atoms with Crippen molar-refractivity contribution in [2.75, 3.05) is 6.61 Å². The van der Waals surface area contributed by atoms with Crippen LogP contribution in [0.2, 0.25) is 0 Å². The Morgan fingerprint density at radius 2 is 1.96 bits per heavy atom. The van der Waals surface area contributed by atoms with Crippen LogP contribution in [0, 0.1) is 0 Å². The van der Waals surface area contributed by atoms with E-state index in [1.54, 1.807) is 0 Å². The zero-order chi connectivity index (χ0) is 18.7. The van der Waals surface area contributed by atoms with E-state index in [1.807, 2.05) is 31.2 Å². The molecule has 26 heavy (non-hydrogen) atoms. The Morgan fingerprint density at radius 1 is 1.19 bits per heavy atom. The van der Waals surface area contributed by atoms with Crippen LogP contribution < -0.4 is 4.74 Å². The Bertz CT molecular complexity index is 926. The second-order valence-corrected chi connectivity index (χ2v) is 6.59. The molecule has 1 heterocycles. The van der Waals surface area contributed by atoms with E-state index in [4.69, 9.17) is 4.74 Å². The lowest BCUT2D eigenvalue weighted by Gasteiger charge is -2.11. The SMILES string of the molecule is CCOc1ccccc1-c1[nH]c2ccc(C(C)CC)cc2c1CC(=O)O. The molecular weight excluding hydrogens is 326 g/mol. The fraction of sp³-hybridized carbons (Fsp3) is 0.318. The first-order valence-corrected chi connectivity index (χ1v) is 9.13. The molecule has 0 aliphatic heterocycles. The average Bonchev–Trinajstić information content (AvgIpc) is 2.99. The van der Waals surface area contributed by atoms with Gasteiger partial charge in [-0.2, -0.15) is 0 Å². The van der Waals surface area contributed by atoms with E-state index in [1.165, 1.54) is 5.56 Å². The minimum Gasteiger partial charge on any atom is -0.493 e. The molecule has 1 aromatic heterocycles. The molecule has 1 unspecified atom stereocenters. The van der Waals surface area contributed by atoms with E-state index in [2.05, 4.69) is 37.0 Å². The number of aromatic nitrogens is 1. The number of aliphatic carboxylic acids is 1. The molecule has 2 aromatic carbocycles. The number of rotatable bonds is 7. The lowest BCUT2D eigenvalue weighted by atomic mass is 9.95. The number of H-pyrrole nitrogens is 1. The van der Waals surface area contributed by atoms with Gasteiger partial charge >= 0.3 is 5.97 Å². The largest absolute Gasteiger partial charge is 0.493 e. The number of para-hydroxylation sites is 1. The van der Waals surface area contributed by atoms with Crippen LogP contribution in [-0.2, 0) is 11.2 Å². The molecule has 0 saturated carbocycles. The standard InChI is InChI=1S/C22H25NO3/c1-4-14(3)15-10-11-19-17(12-15)18(13-21(24)25)22(23-19)16-8-6-7-9-20(16)26-5-2/h6-12,14,23H,4-5,13H2,1-3H3,(H,24,25). The molecular formula is C22H25NO3. The Labute approximate surface area is 153 Å². The highest BCUT2D eigenvalue weighted by molar-refractivity contribution is 5.95. The third-order valence-corrected chi connectivity index (χ3v) is 4.90. The van der Waals surface area contributed by atoms with Gasteiger partial charge in [-0.1, -0.05) is 32.0 Å². The topological polar surface area (TPSA) is 62.3 Å². The number of carboxylic acids is 1. The van der Waals surface area contributed by atoms with Crippen molar-refractivity contribution in [3.05, 3.63) is 53.6 Å². The molecule has 0 aliphatic rings. The number of nitrogens with one attached hydrogen (secondary N) is 1. The maximum atomic E-state index is 11.5. The number of benzene rings is 2. The van der Waals surface area contributed by atoms with Crippen molar-refractivity contribution >= 4 is 16.9 Å². The molecule has 3 aromatic rings. The summed E-state index contributed by atoms with van der Waals surface area (Å²) in [5, 5.41) is 10.4. The molecule has 2 N–H and O–H groups in total. The zero-order valence-electron chi connectivity index (χ0n) is 15.5. The number of ether oxygens (including phenoxy) is 1. The predicted octanol–water partition coefficient (Wildman–Crippen LogP) is 5.37. The lowest BCUT2D eigenvalue weighted by molar-refractivity contribution is -0.136. The number of fused-ring (bicyclic) bond motifs is 1. The van der Waals surface area contributed by atoms with Gasteiger partial charge in [0.05, 0.1) is 18.7 Å². The number of hydrogen-bond donors (Lipinski definition) is 2. The lowest BCUT2D eigenvalue weighted by Crippen LogP contribution is -2.02. The van der Waals surface area contributed by atoms with Crippen LogP contribution in [0.25, 0.3) is 22.2 Å². The summed E-state index contributed by atoms with van der Waals surface area (Å²) in [4.78, 5) is 15.0. The molecule has 0 bridgehead atoms. The summed E-state index contributed by atoms with van der Waals surface area (Å²) < 4.78 is 5.76. The minimum absolute atomic E-state index is 0.0280. The second kappa shape index (κ2) is 7.65. The summed E-state index contributed by atoms with van der Waals surface area (Å²) in [5.74, 6) is 0.358. The van der Waals surface area contributed by atoms with Crippen LogP contribution in [0.5, 0.6) is 5.75 Å². The van der Waals surface area contributed by atoms with Crippen molar-refractivity contribution in [2.45, 2.75) is 39.5 Å². The molecule has 0 spiro atoms. The summed E-state index contributed by atoms with van der Waals surface area (Å²) in [6, 6.07) is 14.1. The van der Waals surface area contributed by atoms with Crippen LogP contribution in [-0.4, -0.2) is 22.7 Å². The maximum Gasteiger partial charge on any atom is 0.307 e. The fourth-order valence-electron chi connectivity index (χ4n) is 3.33. The number of hydrogen-bond acceptors (Lipinski definition) is 2. The highest BCUT2D eigenvalue weighted by atomic mass is 16.5. The van der Waals surface area contributed by atoms with E-state index >= 15 is 0 Å². The fourth-order valence-corrected chi connectivity index (χ4v) is 3.33. The van der Waals surface area contributed by atoms with Crippen LogP contribution in [0.15, 0.2) is 42.5 Å². The van der Waals surface area contributed by atoms with E-state index < -0.39 is 5.97 Å². The van der Waals surface area contributed by atoms with E-state index in [9.17, 15) is 9.90 Å². The molecule has 4 nitrogen and oxygen atoms in total. The maximum absolute atomic E-state index is 11.5. The van der Waals surface area contributed by atoms with Crippen molar-refractivity contribution in [1.29, 1.82) is 0 Å². The second-order valence-electron chi connectivity index (χ2n) is 6.59. The molecule has 0 aliphatic carbocycles. The van der Waals surface area contributed by atoms with Crippen LogP contribution in [0.1, 0.15) is 44.2 Å². The van der Waals surface area contributed by atoms with Gasteiger partial charge in [0.25, 0.3) is 0 Å². The van der Waals surface area contributed by atoms with Gasteiger partial charge < -0.3 is 14.8 Å². The third-order valence-electron chi connectivity index (χ3n) is 4.90. The van der Waals surface area contributed by atoms with Crippen molar-refractivity contribution in [1.82, 2.24) is 4.98 Å². The first-order chi connectivity index (χ1) is 12.5. The van der Waals surface area contributed by atoms with E-state index in [0.29, 0.717) is 12.5 Å². The smallest absolute Gasteiger partial charge is 0.307 e. The number of carboxylic acid groups (broad SMARTS) is 1. The zero-order valence-corrected chi connectivity index (χ0v) is 15.5. The summed E-state index contributed by atoms with van der Waals surface area (Å²) >= 11 is 0. The molecule has 0 saturated heterocycles. The van der Waals surface area contributed by atoms with Gasteiger partial charge in [0.1, 0.15) is 5.75 Å². The van der Waals surface area contributed by atoms with Gasteiger partial charge in [-0.3, -0.25) is 4.79 Å². The van der Waals surface area contributed by atoms with Crippen LogP contribution in [0.4, 0.5) is 0 Å². The summed E-state index contributed by atoms with van der Waals surface area (Å²) in [6.45, 7) is 6.85. The molecule has 4 heteroatoms. The highest BCUT2D eigenvalue weighted by Crippen LogP contribution is 2.37. The van der Waals surface area contributed by atoms with Crippen LogP contribution in [0.3, 0.4) is 0 Å². The first kappa shape index (κ1) is 18.1. The number of carbonyl (C=O) groups is 1. The van der Waals surface area contributed by atoms with Gasteiger partial charge in [0.2, 0.25) is 0 Å². The van der Waals surface area contributed by atoms with Crippen LogP contribution >= 0.6 is 0 Å². The van der Waals surface area contributed by atoms with Gasteiger partial charge in [0.15, 0.2) is 0 Å². The molecule has 1 atom stereocenters. The molecule has 136 valence electrons. The van der Waals surface area contributed by atoms with Gasteiger partial charge in [-0.15, -0.1) is 0 Å². The Kier molecular flexibility index (Phi) is 5.31. The molecule has 3 rings (SSSR count). The van der Waals surface area contributed by atoms with Gasteiger partial charge in [-0.25, -0.2) is 0 Å². The number of aromatic amines is 1. The van der Waals surface area contributed by atoms with Gasteiger partial charge in [-0.05, 0) is 54.7 Å². The average molecular weight is 351 g/mol. The van der Waals surface area contributed by atoms with Crippen molar-refractivity contribution in [2.24, 2.45) is 0 Å². The van der Waals surface area contributed by atoms with Crippen molar-refractivity contribution in [3.63, 3.8) is 0 Å². The normalized spacial score (nSPS) is 12.3. The van der Waals surface area contributed by atoms with Crippen molar-refractivity contribution in [3.8, 4) is 17.0 Å². The quantitative estimate of drug-likeness (QED) is 0.601. The summed E-state index contributed by atoms with van der Waals surface area (Å²) in [6.07, 6.45) is 1.02.